The van der Waals surface area contributed by atoms with Gasteiger partial charge in [-0.1, -0.05) is 17.7 Å². The molecule has 9 heteroatoms. The minimum atomic E-state index is -3.46. The van der Waals surface area contributed by atoms with Crippen LogP contribution in [0, 0.1) is 5.92 Å². The summed E-state index contributed by atoms with van der Waals surface area (Å²) in [6, 6.07) is 4.58. The third-order valence-corrected chi connectivity index (χ3v) is 6.55. The summed E-state index contributed by atoms with van der Waals surface area (Å²) in [5.41, 5.74) is 0.625. The van der Waals surface area contributed by atoms with E-state index in [0.717, 1.165) is 19.1 Å². The lowest BCUT2D eigenvalue weighted by Gasteiger charge is -2.21. The average Bonchev–Trinajstić information content (AvgIpc) is 3.04. The predicted molar refractivity (Wildman–Crippen MR) is 106 cm³/mol. The summed E-state index contributed by atoms with van der Waals surface area (Å²) in [7, 11) is -3.46. The summed E-state index contributed by atoms with van der Waals surface area (Å²) in [5, 5.41) is 12.7. The van der Waals surface area contributed by atoms with Crippen LogP contribution in [0.2, 0.25) is 5.02 Å². The molecule has 3 atom stereocenters. The zero-order valence-electron chi connectivity index (χ0n) is 15.4. The fourth-order valence-electron chi connectivity index (χ4n) is 3.60. The highest BCUT2D eigenvalue weighted by molar-refractivity contribution is 7.90. The first-order chi connectivity index (χ1) is 13.2. The molecule has 1 amide bonds. The number of nitrogens with one attached hydrogen (secondary N) is 1. The van der Waals surface area contributed by atoms with Crippen LogP contribution in [0.15, 0.2) is 41.7 Å². The summed E-state index contributed by atoms with van der Waals surface area (Å²) in [6.07, 6.45) is 7.92. The van der Waals surface area contributed by atoms with E-state index < -0.39 is 15.8 Å². The van der Waals surface area contributed by atoms with Crippen LogP contribution in [-0.4, -0.2) is 41.8 Å². The molecule has 2 aromatic rings. The Balaban J connectivity index is 1.89. The van der Waals surface area contributed by atoms with E-state index in [1.54, 1.807) is 6.07 Å². The number of anilines is 1. The van der Waals surface area contributed by atoms with E-state index >= 15 is 0 Å². The Hall–Kier alpha value is -2.03. The third kappa shape index (κ3) is 5.06. The van der Waals surface area contributed by atoms with Crippen LogP contribution in [-0.2, 0) is 14.6 Å². The van der Waals surface area contributed by atoms with Gasteiger partial charge in [0.05, 0.1) is 28.1 Å². The molecule has 2 N–H and O–H groups in total. The van der Waals surface area contributed by atoms with Crippen LogP contribution in [0.3, 0.4) is 0 Å². The fraction of sp³-hybridized carbons (Fsp3) is 0.421. The number of amides is 1. The third-order valence-electron chi connectivity index (χ3n) is 4.97. The monoisotopic (exact) mass is 423 g/mol. The van der Waals surface area contributed by atoms with Gasteiger partial charge < -0.3 is 10.4 Å². The van der Waals surface area contributed by atoms with Gasteiger partial charge in [0.25, 0.3) is 0 Å². The maximum atomic E-state index is 13.0. The van der Waals surface area contributed by atoms with Gasteiger partial charge in [-0.3, -0.25) is 9.78 Å². The number of rotatable bonds is 6. The molecule has 0 radical (unpaired) electrons. The van der Waals surface area contributed by atoms with Gasteiger partial charge in [0.15, 0.2) is 15.7 Å². The van der Waals surface area contributed by atoms with Crippen molar-refractivity contribution in [1.29, 1.82) is 0 Å². The number of aromatic nitrogens is 2. The van der Waals surface area contributed by atoms with Gasteiger partial charge in [-0.25, -0.2) is 13.4 Å². The van der Waals surface area contributed by atoms with E-state index in [4.69, 9.17) is 11.6 Å². The molecule has 1 aliphatic rings. The van der Waals surface area contributed by atoms with Gasteiger partial charge >= 0.3 is 0 Å². The summed E-state index contributed by atoms with van der Waals surface area (Å²) in [4.78, 5) is 21.0. The Bertz CT molecular complexity index is 953. The molecule has 2 unspecified atom stereocenters. The zero-order valence-corrected chi connectivity index (χ0v) is 16.9. The first-order valence-corrected chi connectivity index (χ1v) is 11.3. The van der Waals surface area contributed by atoms with Crippen LogP contribution in [0.4, 0.5) is 5.82 Å². The van der Waals surface area contributed by atoms with Crippen molar-refractivity contribution in [2.24, 2.45) is 5.92 Å². The lowest BCUT2D eigenvalue weighted by atomic mass is 9.87. The SMILES string of the molecule is CS(=O)(=O)c1ccc([C@@H](CC2CCC(O)C2)C(=O)Nc2cnccn2)cc1Cl. The number of aliphatic hydroxyl groups excluding tert-OH is 1. The van der Waals surface area contributed by atoms with Crippen molar-refractivity contribution < 1.29 is 18.3 Å². The average molecular weight is 424 g/mol. The molecule has 1 aromatic heterocycles. The molecule has 0 spiro atoms. The second-order valence-electron chi connectivity index (χ2n) is 7.16. The van der Waals surface area contributed by atoms with Gasteiger partial charge in [0.1, 0.15) is 0 Å². The van der Waals surface area contributed by atoms with E-state index in [1.165, 1.54) is 30.7 Å². The Morgan fingerprint density at radius 2 is 2.14 bits per heavy atom. The van der Waals surface area contributed by atoms with Crippen molar-refractivity contribution >= 4 is 33.2 Å². The van der Waals surface area contributed by atoms with Crippen molar-refractivity contribution in [2.45, 2.75) is 42.6 Å². The maximum absolute atomic E-state index is 13.0. The van der Waals surface area contributed by atoms with Crippen molar-refractivity contribution in [2.75, 3.05) is 11.6 Å². The second-order valence-corrected chi connectivity index (χ2v) is 9.55. The highest BCUT2D eigenvalue weighted by Gasteiger charge is 2.30. The summed E-state index contributed by atoms with van der Waals surface area (Å²) in [5.74, 6) is -0.294. The molecule has 7 nitrogen and oxygen atoms in total. The normalized spacial score (nSPS) is 20.7. The molecule has 150 valence electrons. The standard InChI is InChI=1S/C19H22ClN3O4S/c1-28(26,27)17-5-3-13(10-16(17)20)15(9-12-2-4-14(24)8-12)19(25)23-18-11-21-6-7-22-18/h3,5-7,10-12,14-15,24H,2,4,8-9H2,1H3,(H,22,23,25)/t12?,14?,15-/m1/s1. The molecule has 3 rings (SSSR count). The molecule has 1 fully saturated rings. The molecular weight excluding hydrogens is 402 g/mol. The second kappa shape index (κ2) is 8.55. The van der Waals surface area contributed by atoms with Crippen LogP contribution in [0.25, 0.3) is 0 Å². The van der Waals surface area contributed by atoms with Gasteiger partial charge in [0, 0.05) is 18.6 Å². The number of nitrogens with zero attached hydrogens (tertiary/aromatic N) is 2. The van der Waals surface area contributed by atoms with Gasteiger partial charge in [-0.2, -0.15) is 0 Å². The number of sulfone groups is 1. The van der Waals surface area contributed by atoms with Crippen LogP contribution >= 0.6 is 11.6 Å². The molecule has 0 saturated heterocycles. The highest BCUT2D eigenvalue weighted by Crippen LogP contribution is 2.36. The number of benzene rings is 1. The number of hydrogen-bond donors (Lipinski definition) is 2. The minimum Gasteiger partial charge on any atom is -0.393 e. The molecule has 1 heterocycles. The highest BCUT2D eigenvalue weighted by atomic mass is 35.5. The molecule has 1 aromatic carbocycles. The first kappa shape index (κ1) is 20.7. The first-order valence-electron chi connectivity index (χ1n) is 8.98. The van der Waals surface area contributed by atoms with Crippen LogP contribution in [0.5, 0.6) is 0 Å². The van der Waals surface area contributed by atoms with Gasteiger partial charge in [0.2, 0.25) is 5.91 Å². The van der Waals surface area contributed by atoms with Crippen molar-refractivity contribution in [3.8, 4) is 0 Å². The quantitative estimate of drug-likeness (QED) is 0.739. The molecule has 1 saturated carbocycles. The van der Waals surface area contributed by atoms with E-state index in [1.807, 2.05) is 0 Å². The largest absolute Gasteiger partial charge is 0.393 e. The Labute approximate surface area is 169 Å². The summed E-state index contributed by atoms with van der Waals surface area (Å²) >= 11 is 6.19. The molecule has 0 bridgehead atoms. The Morgan fingerprint density at radius 1 is 1.36 bits per heavy atom. The predicted octanol–water partition coefficient (Wildman–Crippen LogP) is 2.81. The van der Waals surface area contributed by atoms with Crippen molar-refractivity contribution in [3.05, 3.63) is 47.4 Å². The van der Waals surface area contributed by atoms with Gasteiger partial charge in [-0.05, 0) is 49.3 Å². The van der Waals surface area contributed by atoms with E-state index in [-0.39, 0.29) is 27.8 Å². The van der Waals surface area contributed by atoms with Crippen LogP contribution in [0.1, 0.15) is 37.2 Å². The molecule has 0 aliphatic heterocycles. The molecule has 28 heavy (non-hydrogen) atoms. The van der Waals surface area contributed by atoms with Crippen molar-refractivity contribution in [3.63, 3.8) is 0 Å². The van der Waals surface area contributed by atoms with Crippen molar-refractivity contribution in [1.82, 2.24) is 9.97 Å². The summed E-state index contributed by atoms with van der Waals surface area (Å²) < 4.78 is 23.6. The van der Waals surface area contributed by atoms with E-state index in [0.29, 0.717) is 24.2 Å². The maximum Gasteiger partial charge on any atom is 0.233 e. The number of hydrogen-bond acceptors (Lipinski definition) is 6. The topological polar surface area (TPSA) is 109 Å². The lowest BCUT2D eigenvalue weighted by Crippen LogP contribution is -2.24. The zero-order chi connectivity index (χ0) is 20.3. The minimum absolute atomic E-state index is 0.0299. The van der Waals surface area contributed by atoms with E-state index in [2.05, 4.69) is 15.3 Å². The van der Waals surface area contributed by atoms with E-state index in [9.17, 15) is 18.3 Å². The number of aliphatic hydroxyl groups is 1. The lowest BCUT2D eigenvalue weighted by molar-refractivity contribution is -0.118. The number of carbonyl (C=O) groups is 1. The smallest absolute Gasteiger partial charge is 0.233 e. The summed E-state index contributed by atoms with van der Waals surface area (Å²) in [6.45, 7) is 0. The molecular formula is C19H22ClN3O4S. The Kier molecular flexibility index (Phi) is 6.32. The Morgan fingerprint density at radius 3 is 2.71 bits per heavy atom. The molecule has 1 aliphatic carbocycles. The van der Waals surface area contributed by atoms with Gasteiger partial charge in [-0.15, -0.1) is 0 Å². The fourth-order valence-corrected chi connectivity index (χ4v) is 4.94. The van der Waals surface area contributed by atoms with Crippen LogP contribution < -0.4 is 5.32 Å². The number of halogens is 1. The number of carbonyl (C=O) groups excluding carboxylic acids is 1.